The maximum absolute atomic E-state index is 7.00. The first-order valence-electron chi connectivity index (χ1n) is 17.5. The van der Waals surface area contributed by atoms with Crippen LogP contribution in [0.2, 0.25) is 0 Å². The second kappa shape index (κ2) is 10.3. The Kier molecular flexibility index (Phi) is 5.70. The molecule has 4 heteroatoms. The Balaban J connectivity index is 1.20. The van der Waals surface area contributed by atoms with Crippen LogP contribution in [0.25, 0.3) is 82.1 Å². The second-order valence-corrected chi connectivity index (χ2v) is 14.2. The van der Waals surface area contributed by atoms with Gasteiger partial charge < -0.3 is 4.74 Å². The van der Waals surface area contributed by atoms with Crippen LogP contribution < -0.4 is 4.74 Å². The van der Waals surface area contributed by atoms with E-state index in [-0.39, 0.29) is 5.41 Å². The van der Waals surface area contributed by atoms with Crippen molar-refractivity contribution >= 4 is 65.0 Å². The Labute approximate surface area is 294 Å². The zero-order valence-corrected chi connectivity index (χ0v) is 28.2. The molecule has 0 bridgehead atoms. The fraction of sp³-hybridized carbons (Fsp3) is 0.0638. The molecule has 0 aliphatic carbocycles. The number of hydrogen-bond donors (Lipinski definition) is 0. The second-order valence-electron chi connectivity index (χ2n) is 14.2. The van der Waals surface area contributed by atoms with E-state index in [1.807, 2.05) is 6.20 Å². The Bertz CT molecular complexity index is 3090. The Morgan fingerprint density at radius 1 is 0.588 bits per heavy atom. The summed E-state index contributed by atoms with van der Waals surface area (Å²) in [5, 5.41) is 10.4. The van der Waals surface area contributed by atoms with E-state index in [1.54, 1.807) is 0 Å². The molecule has 4 nitrogen and oxygen atoms in total. The van der Waals surface area contributed by atoms with Crippen LogP contribution in [0.4, 0.5) is 0 Å². The molecule has 7 aromatic carbocycles. The van der Waals surface area contributed by atoms with E-state index >= 15 is 0 Å². The first-order chi connectivity index (χ1) is 25.1. The number of nitrogens with zero attached hydrogens (tertiary/aromatic N) is 3. The molecule has 10 aromatic rings. The van der Waals surface area contributed by atoms with E-state index < -0.39 is 0 Å². The molecule has 51 heavy (non-hydrogen) atoms. The van der Waals surface area contributed by atoms with Gasteiger partial charge in [-0.15, -0.1) is 0 Å². The van der Waals surface area contributed by atoms with Gasteiger partial charge in [0.05, 0.1) is 22.2 Å². The van der Waals surface area contributed by atoms with Crippen molar-refractivity contribution in [3.63, 3.8) is 0 Å². The van der Waals surface area contributed by atoms with Crippen molar-refractivity contribution in [3.8, 4) is 28.6 Å². The van der Waals surface area contributed by atoms with Crippen LogP contribution in [0.3, 0.4) is 0 Å². The van der Waals surface area contributed by atoms with Crippen molar-refractivity contribution in [1.29, 1.82) is 0 Å². The molecule has 0 spiro atoms. The quantitative estimate of drug-likeness (QED) is 0.174. The van der Waals surface area contributed by atoms with Crippen molar-refractivity contribution in [1.82, 2.24) is 14.5 Å². The number of pyridine rings is 2. The number of rotatable bonds is 2. The first kappa shape index (κ1) is 28.3. The monoisotopic (exact) mass is 653 g/mol. The summed E-state index contributed by atoms with van der Waals surface area (Å²) in [6.45, 7) is 4.63. The lowest BCUT2D eigenvalue weighted by molar-refractivity contribution is 0.424. The number of fused-ring (bicyclic) bond motifs is 13. The normalized spacial score (nSPS) is 13.6. The molecule has 240 valence electrons. The van der Waals surface area contributed by atoms with Crippen LogP contribution in [-0.2, 0) is 5.41 Å². The summed E-state index contributed by atoms with van der Waals surface area (Å²) in [6, 6.07) is 51.7. The SMILES string of the molecule is CC1(C)c2ccccc2Oc2c1c1ccccc1c1c3ccccc3n(-c3cc4ccc5ccc(-c6cccc7ccccc67)nc5c4cn3)c21. The molecular weight excluding hydrogens is 623 g/mol. The standard InChI is InChI=1S/C47H31N3O/c1-47(2)37-19-8-10-21-40(37)51-46-43(47)34-16-6-5-15-33(34)42-35-17-7-9-20-39(35)50(45(42)46)41-26-30-23-22-29-24-25-38(49-44(29)36(30)27-48-41)32-18-11-13-28-12-3-4-14-31(28)32/h3-27H,1-2H3. The predicted octanol–water partition coefficient (Wildman–Crippen LogP) is 12.3. The molecule has 0 fully saturated rings. The van der Waals surface area contributed by atoms with Crippen molar-refractivity contribution in [2.75, 3.05) is 0 Å². The van der Waals surface area contributed by atoms with Gasteiger partial charge in [-0.3, -0.25) is 4.57 Å². The van der Waals surface area contributed by atoms with Crippen LogP contribution in [-0.4, -0.2) is 14.5 Å². The third-order valence-corrected chi connectivity index (χ3v) is 11.0. The first-order valence-corrected chi connectivity index (χ1v) is 17.5. The summed E-state index contributed by atoms with van der Waals surface area (Å²) in [5.74, 6) is 2.64. The predicted molar refractivity (Wildman–Crippen MR) is 210 cm³/mol. The van der Waals surface area contributed by atoms with Crippen LogP contribution in [0.5, 0.6) is 11.5 Å². The number of aromatic nitrogens is 3. The Morgan fingerprint density at radius 2 is 1.29 bits per heavy atom. The molecular formula is C47H31N3O. The summed E-state index contributed by atoms with van der Waals surface area (Å²) in [6.07, 6.45) is 2.00. The number of para-hydroxylation sites is 2. The van der Waals surface area contributed by atoms with Crippen molar-refractivity contribution in [2.45, 2.75) is 19.3 Å². The average Bonchev–Trinajstić information content (AvgIpc) is 3.53. The summed E-state index contributed by atoms with van der Waals surface area (Å²) in [4.78, 5) is 10.5. The molecule has 1 aliphatic heterocycles. The fourth-order valence-corrected chi connectivity index (χ4v) is 8.68. The lowest BCUT2D eigenvalue weighted by Gasteiger charge is -2.36. The molecule has 3 aromatic heterocycles. The molecule has 0 unspecified atom stereocenters. The minimum Gasteiger partial charge on any atom is -0.454 e. The van der Waals surface area contributed by atoms with Gasteiger partial charge in [-0.25, -0.2) is 9.97 Å². The molecule has 1 aliphatic rings. The van der Waals surface area contributed by atoms with Gasteiger partial charge in [0.25, 0.3) is 0 Å². The van der Waals surface area contributed by atoms with E-state index in [9.17, 15) is 0 Å². The Morgan fingerprint density at radius 3 is 2.20 bits per heavy atom. The topological polar surface area (TPSA) is 39.9 Å². The van der Waals surface area contributed by atoms with Crippen molar-refractivity contribution in [3.05, 3.63) is 163 Å². The number of hydrogen-bond acceptors (Lipinski definition) is 3. The Hall–Kier alpha value is -6.52. The van der Waals surface area contributed by atoms with Crippen molar-refractivity contribution in [2.24, 2.45) is 0 Å². The molecule has 0 saturated heterocycles. The van der Waals surface area contributed by atoms with E-state index in [0.29, 0.717) is 0 Å². The lowest BCUT2D eigenvalue weighted by Crippen LogP contribution is -2.25. The number of benzene rings is 7. The summed E-state index contributed by atoms with van der Waals surface area (Å²) in [5.41, 5.74) is 7.26. The van der Waals surface area contributed by atoms with Gasteiger partial charge in [-0.05, 0) is 51.2 Å². The molecule has 11 rings (SSSR count). The van der Waals surface area contributed by atoms with Gasteiger partial charge in [-0.2, -0.15) is 0 Å². The van der Waals surface area contributed by atoms with Gasteiger partial charge in [-0.1, -0.05) is 135 Å². The van der Waals surface area contributed by atoms with Gasteiger partial charge in [0.15, 0.2) is 5.75 Å². The van der Waals surface area contributed by atoms with E-state index in [0.717, 1.165) is 61.3 Å². The van der Waals surface area contributed by atoms with Crippen LogP contribution in [0.15, 0.2) is 152 Å². The van der Waals surface area contributed by atoms with Gasteiger partial charge >= 0.3 is 0 Å². The molecule has 0 N–H and O–H groups in total. The average molecular weight is 654 g/mol. The van der Waals surface area contributed by atoms with Crippen LogP contribution in [0.1, 0.15) is 25.0 Å². The highest BCUT2D eigenvalue weighted by atomic mass is 16.5. The van der Waals surface area contributed by atoms with Gasteiger partial charge in [0, 0.05) is 49.8 Å². The smallest absolute Gasteiger partial charge is 0.156 e. The van der Waals surface area contributed by atoms with Crippen LogP contribution >= 0.6 is 0 Å². The fourth-order valence-electron chi connectivity index (χ4n) is 8.68. The molecule has 0 atom stereocenters. The highest BCUT2D eigenvalue weighted by Crippen LogP contribution is 2.55. The minimum absolute atomic E-state index is 0.289. The summed E-state index contributed by atoms with van der Waals surface area (Å²) in [7, 11) is 0. The van der Waals surface area contributed by atoms with Gasteiger partial charge in [0.2, 0.25) is 0 Å². The lowest BCUT2D eigenvalue weighted by atomic mass is 9.73. The highest BCUT2D eigenvalue weighted by Gasteiger charge is 2.38. The zero-order valence-electron chi connectivity index (χ0n) is 28.2. The molecule has 4 heterocycles. The van der Waals surface area contributed by atoms with Crippen molar-refractivity contribution < 1.29 is 4.74 Å². The van der Waals surface area contributed by atoms with Gasteiger partial charge in [0.1, 0.15) is 11.6 Å². The third kappa shape index (κ3) is 3.90. The third-order valence-electron chi connectivity index (χ3n) is 11.0. The summed E-state index contributed by atoms with van der Waals surface area (Å²) >= 11 is 0. The largest absolute Gasteiger partial charge is 0.454 e. The van der Waals surface area contributed by atoms with E-state index in [1.165, 1.54) is 43.4 Å². The minimum atomic E-state index is -0.289. The van der Waals surface area contributed by atoms with E-state index in [4.69, 9.17) is 14.7 Å². The zero-order chi connectivity index (χ0) is 33.8. The maximum Gasteiger partial charge on any atom is 0.156 e. The highest BCUT2D eigenvalue weighted by molar-refractivity contribution is 6.24. The summed E-state index contributed by atoms with van der Waals surface area (Å²) < 4.78 is 9.31. The molecule has 0 saturated carbocycles. The molecule has 0 radical (unpaired) electrons. The van der Waals surface area contributed by atoms with E-state index in [2.05, 4.69) is 164 Å². The van der Waals surface area contributed by atoms with Crippen LogP contribution in [0, 0.1) is 0 Å². The maximum atomic E-state index is 7.00. The molecule has 0 amide bonds. The number of ether oxygens (including phenoxy) is 1.